The fraction of sp³-hybridized carbons (Fsp3) is 0.583. The molecule has 0 bridgehead atoms. The Labute approximate surface area is 184 Å². The average molecular weight is 428 g/mol. The molecule has 1 aliphatic heterocycles. The van der Waals surface area contributed by atoms with Crippen molar-refractivity contribution in [3.8, 4) is 11.5 Å². The van der Waals surface area contributed by atoms with Crippen LogP contribution in [-0.2, 0) is 6.54 Å². The van der Waals surface area contributed by atoms with Crippen LogP contribution < -0.4 is 9.47 Å². The molecule has 2 aliphatic rings. The van der Waals surface area contributed by atoms with E-state index in [2.05, 4.69) is 22.2 Å². The molecule has 0 N–H and O–H groups in total. The number of ether oxygens (including phenoxy) is 2. The van der Waals surface area contributed by atoms with Gasteiger partial charge in [-0.3, -0.25) is 9.69 Å². The minimum atomic E-state index is -0.0306. The number of amides is 1. The Bertz CT molecular complexity index is 894. The number of aromatic nitrogens is 1. The summed E-state index contributed by atoms with van der Waals surface area (Å²) >= 11 is 0. The Kier molecular flexibility index (Phi) is 6.51. The summed E-state index contributed by atoms with van der Waals surface area (Å²) in [7, 11) is 3.56. The number of likely N-dealkylation sites (tertiary alicyclic amines) is 1. The van der Waals surface area contributed by atoms with Gasteiger partial charge in [-0.1, -0.05) is 17.3 Å². The maximum absolute atomic E-state index is 12.7. The standard InChI is InChI=1S/C24H33N3O4/c1-16-22(17(2)31-25-16)24(28)26(3)14-18-12-20(13-18)30-21-9-7-8-19(23(21)29-4)15-27-10-5-6-11-27/h7-9,18,20H,5-6,10-15H2,1-4H3. The molecule has 1 aromatic carbocycles. The van der Waals surface area contributed by atoms with Crippen molar-refractivity contribution in [1.29, 1.82) is 0 Å². The van der Waals surface area contributed by atoms with Crippen LogP contribution >= 0.6 is 0 Å². The number of benzene rings is 1. The molecule has 0 radical (unpaired) electrons. The summed E-state index contributed by atoms with van der Waals surface area (Å²) in [4.78, 5) is 17.0. The first-order valence-corrected chi connectivity index (χ1v) is 11.2. The minimum absolute atomic E-state index is 0.0306. The number of carbonyl (C=O) groups excluding carboxylic acids is 1. The number of nitrogens with zero attached hydrogens (tertiary/aromatic N) is 3. The third-order valence-electron chi connectivity index (χ3n) is 6.47. The summed E-state index contributed by atoms with van der Waals surface area (Å²) in [5.41, 5.74) is 2.40. The SMILES string of the molecule is COc1c(CN2CCCC2)cccc1OC1CC(CN(C)C(=O)c2c(C)noc2C)C1. The molecule has 2 fully saturated rings. The summed E-state index contributed by atoms with van der Waals surface area (Å²) in [6.07, 6.45) is 4.56. The maximum atomic E-state index is 12.7. The second-order valence-corrected chi connectivity index (χ2v) is 8.89. The van der Waals surface area contributed by atoms with Crippen LogP contribution in [0.1, 0.15) is 53.1 Å². The molecule has 1 aliphatic carbocycles. The summed E-state index contributed by atoms with van der Waals surface area (Å²) in [6, 6.07) is 6.17. The van der Waals surface area contributed by atoms with Crippen LogP contribution in [0.15, 0.2) is 22.7 Å². The second kappa shape index (κ2) is 9.30. The topological polar surface area (TPSA) is 68.0 Å². The van der Waals surface area contributed by atoms with Gasteiger partial charge in [0.15, 0.2) is 11.5 Å². The van der Waals surface area contributed by atoms with E-state index in [0.29, 0.717) is 29.5 Å². The van der Waals surface area contributed by atoms with Gasteiger partial charge in [-0.15, -0.1) is 0 Å². The number of rotatable bonds is 8. The largest absolute Gasteiger partial charge is 0.493 e. The molecule has 0 unspecified atom stereocenters. The predicted molar refractivity (Wildman–Crippen MR) is 118 cm³/mol. The number of hydrogen-bond acceptors (Lipinski definition) is 6. The van der Waals surface area contributed by atoms with E-state index in [1.165, 1.54) is 18.4 Å². The number of hydrogen-bond donors (Lipinski definition) is 0. The molecule has 168 valence electrons. The monoisotopic (exact) mass is 427 g/mol. The number of aryl methyl sites for hydroxylation is 2. The smallest absolute Gasteiger partial charge is 0.259 e. The summed E-state index contributed by atoms with van der Waals surface area (Å²) < 4.78 is 17.1. The molecule has 0 atom stereocenters. The van der Waals surface area contributed by atoms with Crippen molar-refractivity contribution in [3.63, 3.8) is 0 Å². The van der Waals surface area contributed by atoms with Crippen molar-refractivity contribution >= 4 is 5.91 Å². The summed E-state index contributed by atoms with van der Waals surface area (Å²) in [5, 5.41) is 3.89. The van der Waals surface area contributed by atoms with E-state index in [9.17, 15) is 4.79 Å². The quantitative estimate of drug-likeness (QED) is 0.638. The Morgan fingerprint density at radius 3 is 2.65 bits per heavy atom. The number of methoxy groups -OCH3 is 1. The van der Waals surface area contributed by atoms with Gasteiger partial charge in [0.05, 0.1) is 18.9 Å². The number of para-hydroxylation sites is 1. The molecule has 7 nitrogen and oxygen atoms in total. The highest BCUT2D eigenvalue weighted by atomic mass is 16.5. The van der Waals surface area contributed by atoms with E-state index in [0.717, 1.165) is 44.0 Å². The van der Waals surface area contributed by atoms with E-state index in [1.807, 2.05) is 13.1 Å². The van der Waals surface area contributed by atoms with E-state index < -0.39 is 0 Å². The second-order valence-electron chi connectivity index (χ2n) is 8.89. The molecular weight excluding hydrogens is 394 g/mol. The van der Waals surface area contributed by atoms with E-state index in [4.69, 9.17) is 14.0 Å². The highest BCUT2D eigenvalue weighted by Gasteiger charge is 2.34. The normalized spacial score (nSPS) is 21.0. The predicted octanol–water partition coefficient (Wildman–Crippen LogP) is 3.83. The van der Waals surface area contributed by atoms with E-state index in [-0.39, 0.29) is 12.0 Å². The minimum Gasteiger partial charge on any atom is -0.493 e. The van der Waals surface area contributed by atoms with Gasteiger partial charge < -0.3 is 18.9 Å². The van der Waals surface area contributed by atoms with Gasteiger partial charge >= 0.3 is 0 Å². The highest BCUT2D eigenvalue weighted by Crippen LogP contribution is 2.38. The first kappa shape index (κ1) is 21.7. The number of carbonyl (C=O) groups is 1. The van der Waals surface area contributed by atoms with Crippen molar-refractivity contribution in [1.82, 2.24) is 15.0 Å². The summed E-state index contributed by atoms with van der Waals surface area (Å²) in [5.74, 6) is 2.64. The van der Waals surface area contributed by atoms with Crippen LogP contribution in [0, 0.1) is 19.8 Å². The van der Waals surface area contributed by atoms with Crippen molar-refractivity contribution < 1.29 is 18.8 Å². The van der Waals surface area contributed by atoms with E-state index >= 15 is 0 Å². The van der Waals surface area contributed by atoms with Gasteiger partial charge in [-0.2, -0.15) is 0 Å². The van der Waals surface area contributed by atoms with Gasteiger partial charge in [-0.25, -0.2) is 0 Å². The fourth-order valence-corrected chi connectivity index (χ4v) is 4.74. The van der Waals surface area contributed by atoms with Crippen molar-refractivity contribution in [2.75, 3.05) is 33.8 Å². The third-order valence-corrected chi connectivity index (χ3v) is 6.47. The van der Waals surface area contributed by atoms with Gasteiger partial charge in [0, 0.05) is 25.7 Å². The Hall–Kier alpha value is -2.54. The molecular formula is C24H33N3O4. The van der Waals surface area contributed by atoms with Crippen LogP contribution in [0.4, 0.5) is 0 Å². The molecule has 1 aromatic heterocycles. The molecule has 31 heavy (non-hydrogen) atoms. The molecule has 2 heterocycles. The lowest BCUT2D eigenvalue weighted by molar-refractivity contribution is 0.0403. The van der Waals surface area contributed by atoms with Crippen LogP contribution in [0.25, 0.3) is 0 Å². The molecule has 0 spiro atoms. The zero-order valence-electron chi connectivity index (χ0n) is 19.0. The maximum Gasteiger partial charge on any atom is 0.259 e. The summed E-state index contributed by atoms with van der Waals surface area (Å²) in [6.45, 7) is 7.49. The van der Waals surface area contributed by atoms with Crippen LogP contribution in [0.3, 0.4) is 0 Å². The first-order valence-electron chi connectivity index (χ1n) is 11.2. The zero-order chi connectivity index (χ0) is 22.0. The molecule has 7 heteroatoms. The lowest BCUT2D eigenvalue weighted by atomic mass is 9.82. The van der Waals surface area contributed by atoms with Crippen LogP contribution in [0.5, 0.6) is 11.5 Å². The third kappa shape index (κ3) is 4.71. The lowest BCUT2D eigenvalue weighted by Crippen LogP contribution is -2.42. The van der Waals surface area contributed by atoms with Crippen molar-refractivity contribution in [2.45, 2.75) is 52.2 Å². The van der Waals surface area contributed by atoms with Crippen molar-refractivity contribution in [3.05, 3.63) is 40.8 Å². The van der Waals surface area contributed by atoms with Crippen LogP contribution in [-0.4, -0.2) is 60.8 Å². The fourth-order valence-electron chi connectivity index (χ4n) is 4.74. The molecule has 1 amide bonds. The Balaban J connectivity index is 1.31. The van der Waals surface area contributed by atoms with Gasteiger partial charge in [0.1, 0.15) is 11.3 Å². The molecule has 4 rings (SSSR count). The average Bonchev–Trinajstić information content (AvgIpc) is 3.35. The molecule has 1 saturated heterocycles. The van der Waals surface area contributed by atoms with Gasteiger partial charge in [0.25, 0.3) is 5.91 Å². The Morgan fingerprint density at radius 1 is 1.26 bits per heavy atom. The van der Waals surface area contributed by atoms with Gasteiger partial charge in [-0.05, 0) is 64.6 Å². The Morgan fingerprint density at radius 2 is 2.00 bits per heavy atom. The van der Waals surface area contributed by atoms with Crippen molar-refractivity contribution in [2.24, 2.45) is 5.92 Å². The molecule has 1 saturated carbocycles. The lowest BCUT2D eigenvalue weighted by Gasteiger charge is -2.37. The zero-order valence-corrected chi connectivity index (χ0v) is 19.0. The molecule has 2 aromatic rings. The first-order chi connectivity index (χ1) is 15.0. The van der Waals surface area contributed by atoms with Gasteiger partial charge in [0.2, 0.25) is 0 Å². The highest BCUT2D eigenvalue weighted by molar-refractivity contribution is 5.95. The van der Waals surface area contributed by atoms with Crippen LogP contribution in [0.2, 0.25) is 0 Å². The van der Waals surface area contributed by atoms with E-state index in [1.54, 1.807) is 25.9 Å².